The second-order valence-corrected chi connectivity index (χ2v) is 6.75. The summed E-state index contributed by atoms with van der Waals surface area (Å²) in [6.07, 6.45) is 2.66. The molecule has 1 aromatic heterocycles. The highest BCUT2D eigenvalue weighted by molar-refractivity contribution is 7.88. The summed E-state index contributed by atoms with van der Waals surface area (Å²) < 4.78 is 24.8. The Morgan fingerprint density at radius 2 is 1.82 bits per heavy atom. The van der Waals surface area contributed by atoms with Gasteiger partial charge in [-0.2, -0.15) is 4.31 Å². The van der Waals surface area contributed by atoms with Gasteiger partial charge in [-0.25, -0.2) is 8.42 Å². The van der Waals surface area contributed by atoms with Crippen molar-refractivity contribution in [2.24, 2.45) is 0 Å². The van der Waals surface area contributed by atoms with Crippen LogP contribution in [0.2, 0.25) is 0 Å². The summed E-state index contributed by atoms with van der Waals surface area (Å²) in [6, 6.07) is 14.1. The van der Waals surface area contributed by atoms with Crippen molar-refractivity contribution in [2.45, 2.75) is 6.54 Å². The summed E-state index contributed by atoms with van der Waals surface area (Å²) in [5, 5.41) is 2.66. The molecule has 1 N–H and O–H groups in total. The molecule has 0 aliphatic heterocycles. The maximum Gasteiger partial charge on any atom is 0.239 e. The minimum absolute atomic E-state index is 0.0574. The van der Waals surface area contributed by atoms with E-state index in [1.165, 1.54) is 0 Å². The van der Waals surface area contributed by atoms with Crippen molar-refractivity contribution >= 4 is 21.6 Å². The average Bonchev–Trinajstić information content (AvgIpc) is 2.48. The van der Waals surface area contributed by atoms with Crippen LogP contribution in [-0.2, 0) is 21.4 Å². The van der Waals surface area contributed by atoms with Crippen LogP contribution in [0.4, 0.5) is 5.69 Å². The number of amides is 1. The van der Waals surface area contributed by atoms with Gasteiger partial charge in [0.05, 0.1) is 25.0 Å². The molecule has 1 amide bonds. The molecule has 22 heavy (non-hydrogen) atoms. The SMILES string of the molecule is CS(=O)(=O)N(CC(=O)Nc1ccccc1)Cc1ccccn1. The van der Waals surface area contributed by atoms with Crippen LogP contribution in [0.3, 0.4) is 0 Å². The Balaban J connectivity index is 2.06. The Bertz CT molecular complexity index is 718. The third-order valence-electron chi connectivity index (χ3n) is 2.91. The number of carbonyl (C=O) groups is 1. The quantitative estimate of drug-likeness (QED) is 0.874. The van der Waals surface area contributed by atoms with Crippen LogP contribution >= 0.6 is 0 Å². The fraction of sp³-hybridized carbons (Fsp3) is 0.200. The van der Waals surface area contributed by atoms with Gasteiger partial charge in [-0.05, 0) is 24.3 Å². The van der Waals surface area contributed by atoms with E-state index in [1.54, 1.807) is 48.7 Å². The van der Waals surface area contributed by atoms with Crippen LogP contribution in [0.1, 0.15) is 5.69 Å². The van der Waals surface area contributed by atoms with Crippen molar-refractivity contribution in [2.75, 3.05) is 18.1 Å². The lowest BCUT2D eigenvalue weighted by Crippen LogP contribution is -2.37. The molecule has 7 heteroatoms. The van der Waals surface area contributed by atoms with E-state index >= 15 is 0 Å². The predicted octanol–water partition coefficient (Wildman–Crippen LogP) is 1.48. The molecule has 2 aromatic rings. The first-order chi connectivity index (χ1) is 10.4. The van der Waals surface area contributed by atoms with Crippen LogP contribution in [0, 0.1) is 0 Å². The number of benzene rings is 1. The molecule has 116 valence electrons. The minimum Gasteiger partial charge on any atom is -0.325 e. The van der Waals surface area contributed by atoms with Crippen LogP contribution in [0.5, 0.6) is 0 Å². The summed E-state index contributed by atoms with van der Waals surface area (Å²) in [6.45, 7) is -0.202. The highest BCUT2D eigenvalue weighted by atomic mass is 32.2. The first-order valence-electron chi connectivity index (χ1n) is 6.65. The minimum atomic E-state index is -3.52. The first kappa shape index (κ1) is 16.1. The van der Waals surface area contributed by atoms with Gasteiger partial charge >= 0.3 is 0 Å². The molecule has 0 aliphatic rings. The van der Waals surface area contributed by atoms with Gasteiger partial charge in [-0.3, -0.25) is 9.78 Å². The average molecular weight is 319 g/mol. The summed E-state index contributed by atoms with van der Waals surface area (Å²) in [7, 11) is -3.52. The third-order valence-corrected chi connectivity index (χ3v) is 4.11. The monoisotopic (exact) mass is 319 g/mol. The number of pyridine rings is 1. The normalized spacial score (nSPS) is 11.4. The van der Waals surface area contributed by atoms with E-state index in [0.717, 1.165) is 10.6 Å². The van der Waals surface area contributed by atoms with E-state index in [-0.39, 0.29) is 13.1 Å². The van der Waals surface area contributed by atoms with E-state index in [4.69, 9.17) is 0 Å². The van der Waals surface area contributed by atoms with Crippen molar-refractivity contribution < 1.29 is 13.2 Å². The van der Waals surface area contributed by atoms with Gasteiger partial charge in [0.25, 0.3) is 0 Å². The number of sulfonamides is 1. The maximum atomic E-state index is 12.0. The van der Waals surface area contributed by atoms with Crippen LogP contribution in [0.25, 0.3) is 0 Å². The first-order valence-corrected chi connectivity index (χ1v) is 8.50. The van der Waals surface area contributed by atoms with Crippen molar-refractivity contribution in [1.29, 1.82) is 0 Å². The van der Waals surface area contributed by atoms with Crippen LogP contribution < -0.4 is 5.32 Å². The lowest BCUT2D eigenvalue weighted by Gasteiger charge is -2.19. The van der Waals surface area contributed by atoms with Gasteiger partial charge in [0.1, 0.15) is 0 Å². The number of aromatic nitrogens is 1. The lowest BCUT2D eigenvalue weighted by atomic mass is 10.3. The Hall–Kier alpha value is -2.25. The zero-order chi connectivity index (χ0) is 16.0. The largest absolute Gasteiger partial charge is 0.325 e. The molecule has 2 rings (SSSR count). The maximum absolute atomic E-state index is 12.0. The third kappa shape index (κ3) is 4.94. The lowest BCUT2D eigenvalue weighted by molar-refractivity contribution is -0.116. The Morgan fingerprint density at radius 1 is 1.14 bits per heavy atom. The molecule has 0 unspecified atom stereocenters. The molecule has 0 saturated heterocycles. The molecule has 0 radical (unpaired) electrons. The molecule has 0 fully saturated rings. The van der Waals surface area contributed by atoms with Gasteiger partial charge < -0.3 is 5.32 Å². The van der Waals surface area contributed by atoms with Crippen LogP contribution in [0.15, 0.2) is 54.7 Å². The zero-order valence-electron chi connectivity index (χ0n) is 12.1. The van der Waals surface area contributed by atoms with E-state index in [2.05, 4.69) is 10.3 Å². The molecular formula is C15H17N3O3S. The second kappa shape index (κ2) is 7.15. The smallest absolute Gasteiger partial charge is 0.239 e. The molecule has 0 spiro atoms. The second-order valence-electron chi connectivity index (χ2n) is 4.77. The number of hydrogen-bond donors (Lipinski definition) is 1. The molecule has 1 heterocycles. The molecule has 1 aromatic carbocycles. The Labute approximate surface area is 129 Å². The number of anilines is 1. The fourth-order valence-corrected chi connectivity index (χ4v) is 2.56. The number of nitrogens with zero attached hydrogens (tertiary/aromatic N) is 2. The van der Waals surface area contributed by atoms with Gasteiger partial charge in [0.15, 0.2) is 0 Å². The Kier molecular flexibility index (Phi) is 5.24. The zero-order valence-corrected chi connectivity index (χ0v) is 13.0. The molecule has 0 saturated carbocycles. The van der Waals surface area contributed by atoms with Crippen molar-refractivity contribution in [3.63, 3.8) is 0 Å². The molecular weight excluding hydrogens is 302 g/mol. The molecule has 0 aliphatic carbocycles. The number of para-hydroxylation sites is 1. The van der Waals surface area contributed by atoms with Gasteiger partial charge in [0.2, 0.25) is 15.9 Å². The standard InChI is InChI=1S/C15H17N3O3S/c1-22(20,21)18(11-14-9-5-6-10-16-14)12-15(19)17-13-7-3-2-4-8-13/h2-10H,11-12H2,1H3,(H,17,19). The predicted molar refractivity (Wildman–Crippen MR) is 84.6 cm³/mol. The van der Waals surface area contributed by atoms with Gasteiger partial charge in [0, 0.05) is 11.9 Å². The molecule has 0 bridgehead atoms. The fourth-order valence-electron chi connectivity index (χ4n) is 1.84. The summed E-state index contributed by atoms with van der Waals surface area (Å²) in [4.78, 5) is 16.1. The van der Waals surface area contributed by atoms with Gasteiger partial charge in [-0.15, -0.1) is 0 Å². The van der Waals surface area contributed by atoms with E-state index in [9.17, 15) is 13.2 Å². The van der Waals surface area contributed by atoms with E-state index in [0.29, 0.717) is 11.4 Å². The topological polar surface area (TPSA) is 79.4 Å². The Morgan fingerprint density at radius 3 is 2.41 bits per heavy atom. The summed E-state index contributed by atoms with van der Waals surface area (Å²) >= 11 is 0. The highest BCUT2D eigenvalue weighted by Gasteiger charge is 2.21. The number of carbonyl (C=O) groups excluding carboxylic acids is 1. The molecule has 0 atom stereocenters. The number of rotatable bonds is 6. The van der Waals surface area contributed by atoms with E-state index in [1.807, 2.05) is 6.07 Å². The van der Waals surface area contributed by atoms with Crippen molar-refractivity contribution in [1.82, 2.24) is 9.29 Å². The number of hydrogen-bond acceptors (Lipinski definition) is 4. The summed E-state index contributed by atoms with van der Waals surface area (Å²) in [5.74, 6) is -0.396. The molecule has 6 nitrogen and oxygen atoms in total. The summed E-state index contributed by atoms with van der Waals surface area (Å²) in [5.41, 5.74) is 1.21. The van der Waals surface area contributed by atoms with Crippen LogP contribution in [-0.4, -0.2) is 36.4 Å². The van der Waals surface area contributed by atoms with E-state index < -0.39 is 15.9 Å². The highest BCUT2D eigenvalue weighted by Crippen LogP contribution is 2.08. The van der Waals surface area contributed by atoms with Crippen molar-refractivity contribution in [3.8, 4) is 0 Å². The number of nitrogens with one attached hydrogen (secondary N) is 1. The van der Waals surface area contributed by atoms with Gasteiger partial charge in [-0.1, -0.05) is 24.3 Å². The van der Waals surface area contributed by atoms with Crippen molar-refractivity contribution in [3.05, 3.63) is 60.4 Å².